The van der Waals surface area contributed by atoms with Gasteiger partial charge in [-0.1, -0.05) is 42.5 Å². The summed E-state index contributed by atoms with van der Waals surface area (Å²) in [5.74, 6) is -0.381. The number of halogens is 3. The fraction of sp³-hybridized carbons (Fsp3) is 0.188. The van der Waals surface area contributed by atoms with E-state index in [1.807, 2.05) is 6.07 Å². The largest absolute Gasteiger partial charge is 0.416 e. The van der Waals surface area contributed by atoms with E-state index >= 15 is 0 Å². The van der Waals surface area contributed by atoms with Crippen LogP contribution in [0.1, 0.15) is 22.7 Å². The summed E-state index contributed by atoms with van der Waals surface area (Å²) in [4.78, 5) is 11.6. The summed E-state index contributed by atoms with van der Waals surface area (Å²) < 4.78 is 37.9. The second-order valence-electron chi connectivity index (χ2n) is 4.74. The summed E-state index contributed by atoms with van der Waals surface area (Å²) in [5.41, 5.74) is 5.89. The van der Waals surface area contributed by atoms with E-state index in [9.17, 15) is 18.0 Å². The van der Waals surface area contributed by atoms with Crippen LogP contribution < -0.4 is 11.1 Å². The van der Waals surface area contributed by atoms with Crippen LogP contribution in [0.2, 0.25) is 0 Å². The predicted molar refractivity (Wildman–Crippen MR) is 76.9 cm³/mol. The molecule has 0 fully saturated rings. The molecule has 6 heteroatoms. The third-order valence-electron chi connectivity index (χ3n) is 3.19. The van der Waals surface area contributed by atoms with E-state index in [1.165, 1.54) is 12.1 Å². The van der Waals surface area contributed by atoms with Crippen LogP contribution in [-0.4, -0.2) is 12.5 Å². The van der Waals surface area contributed by atoms with Crippen LogP contribution in [0, 0.1) is 0 Å². The molecule has 0 bridgehead atoms. The summed E-state index contributed by atoms with van der Waals surface area (Å²) in [6.07, 6.45) is -4.39. The van der Waals surface area contributed by atoms with Gasteiger partial charge in [0.25, 0.3) is 0 Å². The first kappa shape index (κ1) is 16.0. The fourth-order valence-corrected chi connectivity index (χ4v) is 2.09. The van der Waals surface area contributed by atoms with Crippen molar-refractivity contribution < 1.29 is 18.0 Å². The second-order valence-corrected chi connectivity index (χ2v) is 4.74. The van der Waals surface area contributed by atoms with Crippen molar-refractivity contribution in [2.45, 2.75) is 12.2 Å². The lowest BCUT2D eigenvalue weighted by Gasteiger charge is -2.20. The van der Waals surface area contributed by atoms with Crippen LogP contribution in [-0.2, 0) is 11.0 Å². The average molecular weight is 308 g/mol. The minimum Gasteiger partial charge on any atom is -0.344 e. The Balaban J connectivity index is 2.35. The number of hydrogen-bond donors (Lipinski definition) is 2. The molecule has 1 atom stereocenters. The third kappa shape index (κ3) is 3.85. The van der Waals surface area contributed by atoms with E-state index in [4.69, 9.17) is 5.73 Å². The van der Waals surface area contributed by atoms with Gasteiger partial charge in [0.2, 0.25) is 5.91 Å². The first-order chi connectivity index (χ1) is 10.4. The molecule has 0 aromatic heterocycles. The van der Waals surface area contributed by atoms with Crippen molar-refractivity contribution in [3.8, 4) is 0 Å². The minimum atomic E-state index is -4.39. The van der Waals surface area contributed by atoms with Crippen LogP contribution >= 0.6 is 0 Å². The molecule has 2 aromatic rings. The van der Waals surface area contributed by atoms with Crippen molar-refractivity contribution in [3.63, 3.8) is 0 Å². The molecule has 0 heterocycles. The highest BCUT2D eigenvalue weighted by Gasteiger charge is 2.30. The van der Waals surface area contributed by atoms with Gasteiger partial charge in [-0.3, -0.25) is 4.79 Å². The van der Waals surface area contributed by atoms with E-state index in [1.54, 1.807) is 24.3 Å². The number of rotatable bonds is 4. The molecule has 0 aliphatic rings. The molecule has 116 valence electrons. The number of carbonyl (C=O) groups is 1. The lowest BCUT2D eigenvalue weighted by atomic mass is 9.97. The zero-order valence-corrected chi connectivity index (χ0v) is 11.6. The third-order valence-corrected chi connectivity index (χ3v) is 3.19. The summed E-state index contributed by atoms with van der Waals surface area (Å²) >= 11 is 0. The van der Waals surface area contributed by atoms with Crippen molar-refractivity contribution in [3.05, 3.63) is 71.3 Å². The Bertz CT molecular complexity index is 624. The Hall–Kier alpha value is -2.34. The Kier molecular flexibility index (Phi) is 4.82. The number of carbonyl (C=O) groups excluding carboxylic acids is 1. The molecular weight excluding hydrogens is 293 g/mol. The fourth-order valence-electron chi connectivity index (χ4n) is 2.09. The molecule has 0 saturated carbocycles. The van der Waals surface area contributed by atoms with Crippen LogP contribution in [0.5, 0.6) is 0 Å². The van der Waals surface area contributed by atoms with Crippen molar-refractivity contribution in [1.82, 2.24) is 5.32 Å². The maximum atomic E-state index is 12.6. The zero-order valence-electron chi connectivity index (χ0n) is 11.6. The molecule has 0 aliphatic heterocycles. The first-order valence-corrected chi connectivity index (χ1v) is 6.63. The van der Waals surface area contributed by atoms with Gasteiger partial charge in [0, 0.05) is 0 Å². The quantitative estimate of drug-likeness (QED) is 0.912. The Morgan fingerprint density at radius 3 is 2.05 bits per heavy atom. The molecule has 3 nitrogen and oxygen atoms in total. The highest BCUT2D eigenvalue weighted by Crippen LogP contribution is 2.31. The number of hydrogen-bond acceptors (Lipinski definition) is 2. The van der Waals surface area contributed by atoms with Crippen molar-refractivity contribution in [2.24, 2.45) is 5.73 Å². The summed E-state index contributed by atoms with van der Waals surface area (Å²) in [6.45, 7) is -0.191. The van der Waals surface area contributed by atoms with E-state index in [-0.39, 0.29) is 12.5 Å². The van der Waals surface area contributed by atoms with Crippen molar-refractivity contribution in [2.75, 3.05) is 6.54 Å². The zero-order chi connectivity index (χ0) is 16.2. The summed E-state index contributed by atoms with van der Waals surface area (Å²) in [6, 6.07) is 13.2. The second kappa shape index (κ2) is 6.62. The van der Waals surface area contributed by atoms with E-state index < -0.39 is 17.8 Å². The Labute approximate surface area is 125 Å². The molecule has 0 saturated heterocycles. The normalized spacial score (nSPS) is 12.7. The monoisotopic (exact) mass is 308 g/mol. The van der Waals surface area contributed by atoms with Gasteiger partial charge in [-0.15, -0.1) is 0 Å². The summed E-state index contributed by atoms with van der Waals surface area (Å²) in [7, 11) is 0. The molecule has 3 N–H and O–H groups in total. The van der Waals surface area contributed by atoms with Crippen LogP contribution in [0.4, 0.5) is 13.2 Å². The molecule has 1 amide bonds. The van der Waals surface area contributed by atoms with Gasteiger partial charge in [0.05, 0.1) is 18.2 Å². The number of alkyl halides is 3. The van der Waals surface area contributed by atoms with Gasteiger partial charge in [0.1, 0.15) is 0 Å². The molecule has 22 heavy (non-hydrogen) atoms. The van der Waals surface area contributed by atoms with Crippen molar-refractivity contribution >= 4 is 5.91 Å². The first-order valence-electron chi connectivity index (χ1n) is 6.63. The van der Waals surface area contributed by atoms with E-state index in [2.05, 4.69) is 5.32 Å². The van der Waals surface area contributed by atoms with Gasteiger partial charge >= 0.3 is 6.18 Å². The molecule has 2 rings (SSSR count). The minimum absolute atomic E-state index is 0.191. The highest BCUT2D eigenvalue weighted by atomic mass is 19.4. The number of benzene rings is 2. The van der Waals surface area contributed by atoms with Crippen LogP contribution in [0.3, 0.4) is 0 Å². The van der Waals surface area contributed by atoms with Gasteiger partial charge in [-0.05, 0) is 23.3 Å². The molecule has 0 radical (unpaired) electrons. The number of amides is 1. The maximum Gasteiger partial charge on any atom is 0.416 e. The lowest BCUT2D eigenvalue weighted by Crippen LogP contribution is -2.34. The summed E-state index contributed by atoms with van der Waals surface area (Å²) in [5, 5.41) is 2.71. The van der Waals surface area contributed by atoms with Gasteiger partial charge < -0.3 is 11.1 Å². The smallest absolute Gasteiger partial charge is 0.344 e. The molecule has 0 aliphatic carbocycles. The van der Waals surface area contributed by atoms with Gasteiger partial charge in [-0.2, -0.15) is 13.2 Å². The standard InChI is InChI=1S/C16H15F3N2O/c17-16(18,19)13-8-6-12(7-9-13)15(21-14(22)10-20)11-4-2-1-3-5-11/h1-9,15H,10,20H2,(H,21,22). The van der Waals surface area contributed by atoms with Gasteiger partial charge in [0.15, 0.2) is 0 Å². The molecule has 0 spiro atoms. The molecular formula is C16H15F3N2O. The van der Waals surface area contributed by atoms with Crippen LogP contribution in [0.15, 0.2) is 54.6 Å². The SMILES string of the molecule is NCC(=O)NC(c1ccccc1)c1ccc(C(F)(F)F)cc1. The Morgan fingerprint density at radius 2 is 1.55 bits per heavy atom. The predicted octanol–water partition coefficient (Wildman–Crippen LogP) is 2.87. The van der Waals surface area contributed by atoms with E-state index in [0.29, 0.717) is 5.56 Å². The average Bonchev–Trinajstić information content (AvgIpc) is 2.52. The molecule has 2 aromatic carbocycles. The van der Waals surface area contributed by atoms with E-state index in [0.717, 1.165) is 17.7 Å². The number of nitrogens with one attached hydrogen (secondary N) is 1. The van der Waals surface area contributed by atoms with Crippen LogP contribution in [0.25, 0.3) is 0 Å². The van der Waals surface area contributed by atoms with Crippen molar-refractivity contribution in [1.29, 1.82) is 0 Å². The number of nitrogens with two attached hydrogens (primary N) is 1. The molecule has 1 unspecified atom stereocenters. The lowest BCUT2D eigenvalue weighted by molar-refractivity contribution is -0.137. The Morgan fingerprint density at radius 1 is 1.00 bits per heavy atom. The van der Waals surface area contributed by atoms with Gasteiger partial charge in [-0.25, -0.2) is 0 Å². The maximum absolute atomic E-state index is 12.6. The topological polar surface area (TPSA) is 55.1 Å². The highest BCUT2D eigenvalue weighted by molar-refractivity contribution is 5.78.